The molecule has 0 aliphatic heterocycles. The number of rotatable bonds is 3. The van der Waals surface area contributed by atoms with E-state index in [9.17, 15) is 23.2 Å². The molecule has 12 heteroatoms. The summed E-state index contributed by atoms with van der Waals surface area (Å²) in [5.41, 5.74) is -0.692. The molecule has 7 nitrogen and oxygen atoms in total. The molecule has 0 spiro atoms. The topological polar surface area (TPSA) is 122 Å². The monoisotopic (exact) mass is 468 g/mol. The average molecular weight is 470 g/mol. The van der Waals surface area contributed by atoms with Gasteiger partial charge in [0.2, 0.25) is 0 Å². The minimum atomic E-state index is -4.64. The van der Waals surface area contributed by atoms with Crippen LogP contribution in [0, 0.1) is 0 Å². The molecule has 0 radical (unpaired) electrons. The third-order valence-electron chi connectivity index (χ3n) is 3.59. The first kappa shape index (κ1) is 23.2. The molecule has 3 aromatic rings. The molecule has 0 aliphatic carbocycles. The first-order valence-electron chi connectivity index (χ1n) is 7.09. The molecule has 0 heterocycles. The normalized spacial score (nSPS) is 11.7. The number of halogens is 3. The summed E-state index contributed by atoms with van der Waals surface area (Å²) in [7, 11) is -4.64. The molecule has 0 amide bonds. The third kappa shape index (κ3) is 4.39. The van der Waals surface area contributed by atoms with Gasteiger partial charge >= 0.3 is 29.6 Å². The van der Waals surface area contributed by atoms with E-state index in [4.69, 9.17) is 34.8 Å². The van der Waals surface area contributed by atoms with E-state index in [2.05, 4.69) is 10.2 Å². The van der Waals surface area contributed by atoms with Gasteiger partial charge in [-0.1, -0.05) is 64.8 Å². The molecule has 3 rings (SSSR count). The molecule has 0 aromatic heterocycles. The molecular weight excluding hydrogens is 462 g/mol. The predicted molar refractivity (Wildman–Crippen MR) is 101 cm³/mol. The van der Waals surface area contributed by atoms with Gasteiger partial charge in [0.05, 0.1) is 20.8 Å². The number of hydrogen-bond acceptors (Lipinski definition) is 6. The van der Waals surface area contributed by atoms with Crippen molar-refractivity contribution in [2.45, 2.75) is 4.90 Å². The molecule has 0 unspecified atom stereocenters. The number of phenolic OH excluding ortho intramolecular Hbond substituents is 1. The fraction of sp³-hybridized carbons (Fsp3) is 0. The molecule has 0 atom stereocenters. The molecule has 0 saturated carbocycles. The first-order valence-corrected chi connectivity index (χ1v) is 9.67. The van der Waals surface area contributed by atoms with Crippen LogP contribution in [-0.4, -0.2) is 18.1 Å². The summed E-state index contributed by atoms with van der Waals surface area (Å²) < 4.78 is 32.8. The Morgan fingerprint density at radius 1 is 0.964 bits per heavy atom. The summed E-state index contributed by atoms with van der Waals surface area (Å²) in [5.74, 6) is -1.15. The third-order valence-corrected chi connectivity index (χ3v) is 5.55. The van der Waals surface area contributed by atoms with Gasteiger partial charge in [0.25, 0.3) is 10.1 Å². The van der Waals surface area contributed by atoms with Gasteiger partial charge in [-0.3, -0.25) is 4.55 Å². The van der Waals surface area contributed by atoms with Crippen molar-refractivity contribution in [2.75, 3.05) is 0 Å². The molecule has 2 N–H and O–H groups in total. The van der Waals surface area contributed by atoms with Crippen LogP contribution in [0.1, 0.15) is 0 Å². The van der Waals surface area contributed by atoms with Crippen molar-refractivity contribution >= 4 is 67.1 Å². The van der Waals surface area contributed by atoms with Crippen LogP contribution >= 0.6 is 34.8 Å². The first-order chi connectivity index (χ1) is 12.6. The quantitative estimate of drug-likeness (QED) is 0.264. The van der Waals surface area contributed by atoms with Crippen LogP contribution < -0.4 is 34.7 Å². The summed E-state index contributed by atoms with van der Waals surface area (Å²) in [6.45, 7) is 0. The van der Waals surface area contributed by atoms with Crippen LogP contribution in [0.4, 0.5) is 11.4 Å². The Kier molecular flexibility index (Phi) is 7.22. The molecular formula is C16H8Cl3N2NaO5S. The summed E-state index contributed by atoms with van der Waals surface area (Å²) in [6.07, 6.45) is 0. The number of benzene rings is 3. The standard InChI is InChI=1S/C16H9Cl3N2O5S.Na/c17-9-5-10(18)16(23)14(13(9)19)21-20-11-6-12(27(24,25)26)7-3-1-2-4-8(7)15(11)22;/h1-6,22-23H,(H,24,25,26);/q;+1/p-1. The van der Waals surface area contributed by atoms with Gasteiger partial charge in [0.1, 0.15) is 10.6 Å². The molecule has 0 saturated heterocycles. The Bertz CT molecular complexity index is 1190. The smallest absolute Gasteiger partial charge is 0.871 e. The molecule has 0 fully saturated rings. The van der Waals surface area contributed by atoms with Crippen LogP contribution in [0.2, 0.25) is 15.1 Å². The molecule has 28 heavy (non-hydrogen) atoms. The summed E-state index contributed by atoms with van der Waals surface area (Å²) in [6, 6.07) is 7.87. The van der Waals surface area contributed by atoms with Crippen molar-refractivity contribution in [3.63, 3.8) is 0 Å². The Balaban J connectivity index is 0.00000280. The van der Waals surface area contributed by atoms with Gasteiger partial charge in [0.15, 0.2) is 5.75 Å². The van der Waals surface area contributed by atoms with Gasteiger partial charge < -0.3 is 10.2 Å². The van der Waals surface area contributed by atoms with E-state index in [1.165, 1.54) is 30.3 Å². The second-order valence-corrected chi connectivity index (χ2v) is 7.88. The van der Waals surface area contributed by atoms with E-state index in [0.717, 1.165) is 6.07 Å². The van der Waals surface area contributed by atoms with Crippen molar-refractivity contribution in [2.24, 2.45) is 10.2 Å². The van der Waals surface area contributed by atoms with E-state index in [-0.39, 0.29) is 61.1 Å². The number of aromatic hydroxyl groups is 1. The van der Waals surface area contributed by atoms with E-state index in [1.807, 2.05) is 0 Å². The van der Waals surface area contributed by atoms with E-state index >= 15 is 0 Å². The van der Waals surface area contributed by atoms with Crippen molar-refractivity contribution in [1.29, 1.82) is 0 Å². The Morgan fingerprint density at radius 3 is 2.18 bits per heavy atom. The second kappa shape index (κ2) is 8.73. The average Bonchev–Trinajstić information content (AvgIpc) is 2.61. The Labute approximate surface area is 196 Å². The van der Waals surface area contributed by atoms with Crippen LogP contribution in [0.25, 0.3) is 10.8 Å². The van der Waals surface area contributed by atoms with E-state index in [1.54, 1.807) is 0 Å². The minimum Gasteiger partial charge on any atom is -0.871 e. The fourth-order valence-corrected chi connectivity index (χ4v) is 3.71. The Morgan fingerprint density at radius 2 is 1.57 bits per heavy atom. The van der Waals surface area contributed by atoms with Crippen LogP contribution in [0.15, 0.2) is 51.5 Å². The number of fused-ring (bicyclic) bond motifs is 1. The maximum absolute atomic E-state index is 12.6. The molecule has 0 bridgehead atoms. The number of nitrogens with zero attached hydrogens (tertiary/aromatic N) is 2. The fourth-order valence-electron chi connectivity index (χ4n) is 2.36. The number of phenols is 1. The maximum atomic E-state index is 12.6. The van der Waals surface area contributed by atoms with Gasteiger partial charge in [-0.05, 0) is 17.5 Å². The maximum Gasteiger partial charge on any atom is 1.00 e. The molecule has 3 aromatic carbocycles. The summed E-state index contributed by atoms with van der Waals surface area (Å²) in [4.78, 5) is -0.508. The minimum absolute atomic E-state index is 0. The summed E-state index contributed by atoms with van der Waals surface area (Å²) >= 11 is 17.6. The van der Waals surface area contributed by atoms with Crippen molar-refractivity contribution in [3.05, 3.63) is 51.5 Å². The van der Waals surface area contributed by atoms with Gasteiger partial charge in [-0.15, -0.1) is 5.11 Å². The van der Waals surface area contributed by atoms with Crippen LogP contribution in [-0.2, 0) is 10.1 Å². The predicted octanol–water partition coefficient (Wildman–Crippen LogP) is 2.25. The van der Waals surface area contributed by atoms with Gasteiger partial charge in [-0.25, -0.2) is 0 Å². The van der Waals surface area contributed by atoms with Crippen molar-refractivity contribution < 1.29 is 52.7 Å². The second-order valence-electron chi connectivity index (χ2n) is 5.30. The number of hydrogen-bond donors (Lipinski definition) is 2. The van der Waals surface area contributed by atoms with Crippen LogP contribution in [0.5, 0.6) is 11.5 Å². The van der Waals surface area contributed by atoms with E-state index in [0.29, 0.717) is 0 Å². The Hall–Kier alpha value is -1.10. The zero-order valence-electron chi connectivity index (χ0n) is 14.0. The van der Waals surface area contributed by atoms with E-state index < -0.39 is 32.2 Å². The van der Waals surface area contributed by atoms with Gasteiger partial charge in [-0.2, -0.15) is 13.5 Å². The van der Waals surface area contributed by atoms with Crippen molar-refractivity contribution in [1.82, 2.24) is 0 Å². The number of azo groups is 1. The zero-order chi connectivity index (χ0) is 19.9. The van der Waals surface area contributed by atoms with Gasteiger partial charge in [0, 0.05) is 5.39 Å². The summed E-state index contributed by atoms with van der Waals surface area (Å²) in [5, 5.41) is 29.6. The van der Waals surface area contributed by atoms with Crippen molar-refractivity contribution in [3.8, 4) is 11.5 Å². The molecule has 140 valence electrons. The largest absolute Gasteiger partial charge is 1.00 e. The molecule has 0 aliphatic rings. The SMILES string of the molecule is O=S(=O)(O)c1cc(N=Nc2c(O)c(Cl)cc(Cl)c2Cl)c([O-])c2ccccc12.[Na+]. The van der Waals surface area contributed by atoms with Crippen LogP contribution in [0.3, 0.4) is 0 Å². The zero-order valence-corrected chi connectivity index (χ0v) is 19.1.